The molecule has 1 N–H and O–H groups in total. The second kappa shape index (κ2) is 6.00. The first-order valence-electron chi connectivity index (χ1n) is 6.99. The number of rotatable bonds is 4. The number of nitrogens with one attached hydrogen (secondary N) is 1. The van der Waals surface area contributed by atoms with Gasteiger partial charge in [0.2, 0.25) is 0 Å². The first kappa shape index (κ1) is 14.3. The first-order chi connectivity index (χ1) is 10.1. The predicted molar refractivity (Wildman–Crippen MR) is 88.1 cm³/mol. The summed E-state index contributed by atoms with van der Waals surface area (Å²) < 4.78 is 6.98. The van der Waals surface area contributed by atoms with Gasteiger partial charge in [-0.25, -0.2) is 0 Å². The van der Waals surface area contributed by atoms with Crippen molar-refractivity contribution >= 4 is 26.9 Å². The van der Waals surface area contributed by atoms with E-state index in [4.69, 9.17) is 4.42 Å². The van der Waals surface area contributed by atoms with Crippen molar-refractivity contribution in [2.24, 2.45) is 0 Å². The van der Waals surface area contributed by atoms with Crippen molar-refractivity contribution in [2.45, 2.75) is 25.9 Å². The average Bonchev–Trinajstić information content (AvgIpc) is 2.91. The largest absolute Gasteiger partial charge is 0.459 e. The lowest BCUT2D eigenvalue weighted by Gasteiger charge is -2.17. The Bertz CT molecular complexity index is 739. The van der Waals surface area contributed by atoms with Gasteiger partial charge < -0.3 is 4.42 Å². The van der Waals surface area contributed by atoms with Gasteiger partial charge in [0, 0.05) is 22.1 Å². The number of aromatic nitrogens is 1. The number of pyridine rings is 1. The Labute approximate surface area is 132 Å². The van der Waals surface area contributed by atoms with E-state index in [1.165, 1.54) is 0 Å². The second-order valence-corrected chi connectivity index (χ2v) is 6.11. The lowest BCUT2D eigenvalue weighted by Crippen LogP contribution is -2.22. The molecule has 2 aromatic heterocycles. The normalized spacial score (nSPS) is 14.2. The van der Waals surface area contributed by atoms with E-state index < -0.39 is 0 Å². The molecule has 1 aromatic carbocycles. The zero-order chi connectivity index (χ0) is 14.8. The maximum absolute atomic E-state index is 5.92. The number of hydrogen-bond donors (Lipinski definition) is 1. The summed E-state index contributed by atoms with van der Waals surface area (Å²) in [6.07, 6.45) is 1.82. The molecule has 0 aliphatic heterocycles. The van der Waals surface area contributed by atoms with Crippen LogP contribution in [0, 0.1) is 0 Å². The molecule has 1 unspecified atom stereocenters. The van der Waals surface area contributed by atoms with E-state index in [-0.39, 0.29) is 12.1 Å². The van der Waals surface area contributed by atoms with Crippen molar-refractivity contribution in [3.8, 4) is 0 Å². The lowest BCUT2D eigenvalue weighted by atomic mass is 10.1. The van der Waals surface area contributed by atoms with Crippen LogP contribution >= 0.6 is 15.9 Å². The number of halogens is 1. The van der Waals surface area contributed by atoms with Crippen molar-refractivity contribution in [3.63, 3.8) is 0 Å². The summed E-state index contributed by atoms with van der Waals surface area (Å²) in [5.74, 6) is 0.936. The second-order valence-electron chi connectivity index (χ2n) is 5.20. The summed E-state index contributed by atoms with van der Waals surface area (Å²) in [6, 6.07) is 14.4. The SMILES string of the molecule is CC(N[C@H](C)c1ccccn1)c1cc2cc(Br)ccc2o1. The maximum atomic E-state index is 5.92. The van der Waals surface area contributed by atoms with Gasteiger partial charge in [-0.15, -0.1) is 0 Å². The standard InChI is InChI=1S/C17H17BrN2O/c1-11(15-5-3-4-8-19-15)20-12(2)17-10-13-9-14(18)6-7-16(13)21-17/h3-12,20H,1-2H3/t11-,12?/m1/s1. The van der Waals surface area contributed by atoms with Crippen molar-refractivity contribution in [3.05, 3.63) is 64.6 Å². The number of hydrogen-bond acceptors (Lipinski definition) is 3. The third-order valence-corrected chi connectivity index (χ3v) is 4.05. The molecule has 0 aliphatic rings. The molecule has 0 spiro atoms. The van der Waals surface area contributed by atoms with Gasteiger partial charge in [-0.3, -0.25) is 10.3 Å². The third-order valence-electron chi connectivity index (χ3n) is 3.56. The quantitative estimate of drug-likeness (QED) is 0.723. The number of benzene rings is 1. The van der Waals surface area contributed by atoms with Gasteiger partial charge >= 0.3 is 0 Å². The van der Waals surface area contributed by atoms with Gasteiger partial charge in [0.05, 0.1) is 11.7 Å². The molecule has 2 heterocycles. The molecular weight excluding hydrogens is 328 g/mol. The van der Waals surface area contributed by atoms with Crippen LogP contribution < -0.4 is 5.32 Å². The number of nitrogens with zero attached hydrogens (tertiary/aromatic N) is 1. The highest BCUT2D eigenvalue weighted by atomic mass is 79.9. The molecule has 0 fully saturated rings. The van der Waals surface area contributed by atoms with Gasteiger partial charge in [-0.05, 0) is 50.2 Å². The Morgan fingerprint density at radius 1 is 1.10 bits per heavy atom. The third kappa shape index (κ3) is 3.17. The maximum Gasteiger partial charge on any atom is 0.134 e. The molecule has 0 aliphatic carbocycles. The van der Waals surface area contributed by atoms with E-state index in [2.05, 4.69) is 52.2 Å². The Morgan fingerprint density at radius 3 is 2.71 bits per heavy atom. The minimum atomic E-state index is 0.119. The lowest BCUT2D eigenvalue weighted by molar-refractivity contribution is 0.413. The van der Waals surface area contributed by atoms with Crippen molar-refractivity contribution in [1.82, 2.24) is 10.3 Å². The van der Waals surface area contributed by atoms with Crippen molar-refractivity contribution in [1.29, 1.82) is 0 Å². The molecule has 3 nitrogen and oxygen atoms in total. The van der Waals surface area contributed by atoms with E-state index in [0.717, 1.165) is 26.9 Å². The topological polar surface area (TPSA) is 38.1 Å². The highest BCUT2D eigenvalue weighted by Crippen LogP contribution is 2.27. The number of furan rings is 1. The summed E-state index contributed by atoms with van der Waals surface area (Å²) in [5, 5.41) is 4.63. The van der Waals surface area contributed by atoms with E-state index in [1.807, 2.05) is 36.5 Å². The Kier molecular flexibility index (Phi) is 4.08. The molecule has 3 rings (SSSR count). The molecule has 4 heteroatoms. The van der Waals surface area contributed by atoms with Gasteiger partial charge in [-0.1, -0.05) is 22.0 Å². The molecule has 108 valence electrons. The van der Waals surface area contributed by atoms with Crippen LogP contribution in [0.15, 0.2) is 57.6 Å². The van der Waals surface area contributed by atoms with Crippen LogP contribution in [0.3, 0.4) is 0 Å². The molecule has 0 saturated carbocycles. The van der Waals surface area contributed by atoms with Crippen LogP contribution in [0.25, 0.3) is 11.0 Å². The zero-order valence-electron chi connectivity index (χ0n) is 12.0. The average molecular weight is 345 g/mol. The number of fused-ring (bicyclic) bond motifs is 1. The summed E-state index contributed by atoms with van der Waals surface area (Å²) in [7, 11) is 0. The molecule has 3 aromatic rings. The summed E-state index contributed by atoms with van der Waals surface area (Å²) in [5.41, 5.74) is 1.94. The van der Waals surface area contributed by atoms with Gasteiger partial charge in [0.1, 0.15) is 11.3 Å². The van der Waals surface area contributed by atoms with Gasteiger partial charge in [0.15, 0.2) is 0 Å². The van der Waals surface area contributed by atoms with Crippen LogP contribution in [0.2, 0.25) is 0 Å². The predicted octanol–water partition coefficient (Wildman–Crippen LogP) is 5.00. The van der Waals surface area contributed by atoms with Gasteiger partial charge in [0.25, 0.3) is 0 Å². The van der Waals surface area contributed by atoms with Gasteiger partial charge in [-0.2, -0.15) is 0 Å². The first-order valence-corrected chi connectivity index (χ1v) is 7.79. The molecule has 0 amide bonds. The highest BCUT2D eigenvalue weighted by molar-refractivity contribution is 9.10. The van der Waals surface area contributed by atoms with Crippen LogP contribution in [-0.4, -0.2) is 4.98 Å². The van der Waals surface area contributed by atoms with Crippen LogP contribution in [0.4, 0.5) is 0 Å². The molecular formula is C17H17BrN2O. The minimum Gasteiger partial charge on any atom is -0.459 e. The highest BCUT2D eigenvalue weighted by Gasteiger charge is 2.15. The Balaban J connectivity index is 1.79. The van der Waals surface area contributed by atoms with Crippen molar-refractivity contribution < 1.29 is 4.42 Å². The summed E-state index contributed by atoms with van der Waals surface area (Å²) in [4.78, 5) is 4.38. The Hall–Kier alpha value is -1.65. The van der Waals surface area contributed by atoms with E-state index in [9.17, 15) is 0 Å². The fraction of sp³-hybridized carbons (Fsp3) is 0.235. The minimum absolute atomic E-state index is 0.119. The smallest absolute Gasteiger partial charge is 0.134 e. The van der Waals surface area contributed by atoms with Crippen LogP contribution in [0.1, 0.15) is 37.4 Å². The van der Waals surface area contributed by atoms with Crippen LogP contribution in [-0.2, 0) is 0 Å². The molecule has 2 atom stereocenters. The van der Waals surface area contributed by atoms with Crippen LogP contribution in [0.5, 0.6) is 0 Å². The fourth-order valence-corrected chi connectivity index (χ4v) is 2.80. The summed E-state index contributed by atoms with van der Waals surface area (Å²) >= 11 is 3.48. The molecule has 0 saturated heterocycles. The summed E-state index contributed by atoms with van der Waals surface area (Å²) in [6.45, 7) is 4.21. The zero-order valence-corrected chi connectivity index (χ0v) is 13.6. The van der Waals surface area contributed by atoms with E-state index in [1.54, 1.807) is 0 Å². The van der Waals surface area contributed by atoms with Crippen molar-refractivity contribution in [2.75, 3.05) is 0 Å². The molecule has 21 heavy (non-hydrogen) atoms. The van der Waals surface area contributed by atoms with E-state index in [0.29, 0.717) is 0 Å². The monoisotopic (exact) mass is 344 g/mol. The Morgan fingerprint density at radius 2 is 1.95 bits per heavy atom. The fourth-order valence-electron chi connectivity index (χ4n) is 2.42. The molecule has 0 bridgehead atoms. The van der Waals surface area contributed by atoms with E-state index >= 15 is 0 Å². The molecule has 0 radical (unpaired) electrons.